The Bertz CT molecular complexity index is 676. The van der Waals surface area contributed by atoms with E-state index in [1.807, 2.05) is 32.9 Å². The van der Waals surface area contributed by atoms with Crippen molar-refractivity contribution >= 4 is 17.5 Å². The Balaban J connectivity index is 1.40. The number of nitrogens with zero attached hydrogens (tertiary/aromatic N) is 2. The highest BCUT2D eigenvalue weighted by atomic mass is 16.6. The van der Waals surface area contributed by atoms with E-state index in [0.29, 0.717) is 19.0 Å². The molecule has 0 unspecified atom stereocenters. The van der Waals surface area contributed by atoms with Crippen LogP contribution in [-0.4, -0.2) is 41.5 Å². The van der Waals surface area contributed by atoms with E-state index < -0.39 is 5.60 Å². The molecule has 6 heteroatoms. The molecule has 1 aromatic carbocycles. The van der Waals surface area contributed by atoms with Gasteiger partial charge in [-0.1, -0.05) is 17.3 Å². The third kappa shape index (κ3) is 5.88. The van der Waals surface area contributed by atoms with Gasteiger partial charge in [0.15, 0.2) is 0 Å². The molecule has 154 valence electrons. The molecule has 6 nitrogen and oxygen atoms in total. The van der Waals surface area contributed by atoms with Crippen molar-refractivity contribution in [2.24, 2.45) is 5.16 Å². The van der Waals surface area contributed by atoms with Gasteiger partial charge in [-0.15, -0.1) is 0 Å². The van der Waals surface area contributed by atoms with Crippen LogP contribution in [0.25, 0.3) is 0 Å². The topological polar surface area (TPSA) is 77.1 Å². The zero-order valence-corrected chi connectivity index (χ0v) is 17.3. The fourth-order valence-electron chi connectivity index (χ4n) is 3.76. The van der Waals surface area contributed by atoms with Crippen molar-refractivity contribution in [3.8, 4) is 0 Å². The summed E-state index contributed by atoms with van der Waals surface area (Å²) >= 11 is 0. The number of hydrogen-bond acceptors (Lipinski definition) is 5. The lowest BCUT2D eigenvalue weighted by Gasteiger charge is -2.32. The number of amides is 1. The quantitative estimate of drug-likeness (QED) is 0.602. The van der Waals surface area contributed by atoms with Crippen LogP contribution in [0.4, 0.5) is 10.5 Å². The first-order valence-corrected chi connectivity index (χ1v) is 10.3. The lowest BCUT2D eigenvalue weighted by Crippen LogP contribution is -2.43. The zero-order chi connectivity index (χ0) is 20.1. The first kappa shape index (κ1) is 20.5. The van der Waals surface area contributed by atoms with E-state index in [9.17, 15) is 4.79 Å². The molecule has 1 amide bonds. The molecule has 28 heavy (non-hydrogen) atoms. The molecule has 0 radical (unpaired) electrons. The molecular weight excluding hydrogens is 354 g/mol. The normalized spacial score (nSPS) is 21.3. The van der Waals surface area contributed by atoms with Gasteiger partial charge in [0.25, 0.3) is 0 Å². The van der Waals surface area contributed by atoms with Gasteiger partial charge in [-0.2, -0.15) is 0 Å². The Kier molecular flexibility index (Phi) is 6.47. The molecule has 2 aliphatic rings. The Morgan fingerprint density at radius 1 is 1.07 bits per heavy atom. The summed E-state index contributed by atoms with van der Waals surface area (Å²) in [6, 6.07) is 8.23. The highest BCUT2D eigenvalue weighted by Crippen LogP contribution is 2.32. The molecule has 0 aromatic heterocycles. The van der Waals surface area contributed by atoms with Crippen molar-refractivity contribution in [3.05, 3.63) is 29.8 Å². The molecular formula is C22H33N3O3. The minimum absolute atomic E-state index is 0.0843. The van der Waals surface area contributed by atoms with E-state index in [0.717, 1.165) is 49.9 Å². The lowest BCUT2D eigenvalue weighted by atomic mass is 9.83. The maximum atomic E-state index is 12.1. The molecule has 1 saturated carbocycles. The first-order valence-electron chi connectivity index (χ1n) is 10.3. The molecule has 1 saturated heterocycles. The lowest BCUT2D eigenvalue weighted by molar-refractivity contribution is -0.0103. The van der Waals surface area contributed by atoms with Crippen LogP contribution in [0.1, 0.15) is 70.8 Å². The third-order valence-electron chi connectivity index (χ3n) is 5.40. The van der Waals surface area contributed by atoms with Gasteiger partial charge in [-0.25, -0.2) is 4.79 Å². The van der Waals surface area contributed by atoms with Crippen LogP contribution >= 0.6 is 0 Å². The van der Waals surface area contributed by atoms with Gasteiger partial charge in [0.05, 0.1) is 5.71 Å². The second kappa shape index (κ2) is 8.84. The van der Waals surface area contributed by atoms with E-state index in [1.54, 1.807) is 4.90 Å². The largest absolute Gasteiger partial charge is 0.444 e. The Hall–Kier alpha value is -2.24. The second-order valence-electron chi connectivity index (χ2n) is 8.87. The minimum atomic E-state index is -0.457. The number of nitrogens with two attached hydrogens (primary N) is 1. The monoisotopic (exact) mass is 387 g/mol. The average Bonchev–Trinajstić information content (AvgIpc) is 2.66. The van der Waals surface area contributed by atoms with Gasteiger partial charge >= 0.3 is 6.09 Å². The van der Waals surface area contributed by atoms with Crippen LogP contribution in [0.15, 0.2) is 29.4 Å². The van der Waals surface area contributed by atoms with Gasteiger partial charge in [0, 0.05) is 31.6 Å². The predicted molar refractivity (Wildman–Crippen MR) is 111 cm³/mol. The highest BCUT2D eigenvalue weighted by Gasteiger charge is 2.28. The van der Waals surface area contributed by atoms with E-state index >= 15 is 0 Å². The molecule has 2 fully saturated rings. The first-order chi connectivity index (χ1) is 13.3. The molecule has 1 aliphatic heterocycles. The highest BCUT2D eigenvalue weighted by molar-refractivity contribution is 5.84. The van der Waals surface area contributed by atoms with Crippen LogP contribution < -0.4 is 5.73 Å². The van der Waals surface area contributed by atoms with Crippen molar-refractivity contribution in [3.63, 3.8) is 0 Å². The number of oxime groups is 1. The molecule has 0 atom stereocenters. The molecule has 1 aliphatic carbocycles. The predicted octanol–water partition coefficient (Wildman–Crippen LogP) is 4.70. The number of carbonyl (C=O) groups is 1. The molecule has 1 aromatic rings. The van der Waals surface area contributed by atoms with Gasteiger partial charge in [0.1, 0.15) is 11.7 Å². The van der Waals surface area contributed by atoms with Crippen LogP contribution in [-0.2, 0) is 9.57 Å². The van der Waals surface area contributed by atoms with E-state index in [4.69, 9.17) is 15.3 Å². The van der Waals surface area contributed by atoms with Crippen LogP contribution in [0, 0.1) is 0 Å². The number of benzene rings is 1. The smallest absolute Gasteiger partial charge is 0.410 e. The summed E-state index contributed by atoms with van der Waals surface area (Å²) in [5.74, 6) is 0.580. The number of rotatable bonds is 3. The molecule has 2 N–H and O–H groups in total. The maximum absolute atomic E-state index is 12.1. The van der Waals surface area contributed by atoms with Crippen LogP contribution in [0.3, 0.4) is 0 Å². The summed E-state index contributed by atoms with van der Waals surface area (Å²) in [4.78, 5) is 19.7. The maximum Gasteiger partial charge on any atom is 0.410 e. The van der Waals surface area contributed by atoms with E-state index in [-0.39, 0.29) is 12.2 Å². The molecule has 0 bridgehead atoms. The van der Waals surface area contributed by atoms with Crippen molar-refractivity contribution < 1.29 is 14.4 Å². The van der Waals surface area contributed by atoms with Gasteiger partial charge in [0.2, 0.25) is 0 Å². The van der Waals surface area contributed by atoms with E-state index in [2.05, 4.69) is 17.3 Å². The number of carbonyl (C=O) groups excluding carboxylic acids is 1. The minimum Gasteiger partial charge on any atom is -0.444 e. The van der Waals surface area contributed by atoms with Gasteiger partial charge in [-0.3, -0.25) is 0 Å². The summed E-state index contributed by atoms with van der Waals surface area (Å²) in [5, 5.41) is 4.44. The summed E-state index contributed by atoms with van der Waals surface area (Å²) < 4.78 is 5.43. The van der Waals surface area contributed by atoms with Crippen LogP contribution in [0.2, 0.25) is 0 Å². The van der Waals surface area contributed by atoms with Gasteiger partial charge in [-0.05, 0) is 70.1 Å². The van der Waals surface area contributed by atoms with E-state index in [1.165, 1.54) is 5.56 Å². The average molecular weight is 388 g/mol. The number of piperidine rings is 1. The van der Waals surface area contributed by atoms with Crippen molar-refractivity contribution in [2.45, 2.75) is 76.9 Å². The Labute approximate surface area is 168 Å². The van der Waals surface area contributed by atoms with Crippen LogP contribution in [0.5, 0.6) is 0 Å². The zero-order valence-electron chi connectivity index (χ0n) is 17.3. The second-order valence-corrected chi connectivity index (χ2v) is 8.87. The summed E-state index contributed by atoms with van der Waals surface area (Å²) in [6.45, 7) is 6.98. The summed E-state index contributed by atoms with van der Waals surface area (Å²) in [6.07, 6.45) is 5.59. The number of nitrogen functional groups attached to an aromatic ring is 1. The van der Waals surface area contributed by atoms with Crippen molar-refractivity contribution in [1.29, 1.82) is 0 Å². The summed E-state index contributed by atoms with van der Waals surface area (Å²) in [5.41, 5.74) is 8.65. The number of likely N-dealkylation sites (tertiary alicyclic amines) is 1. The molecule has 1 heterocycles. The number of ether oxygens (including phenoxy) is 1. The SMILES string of the molecule is CC(C)(C)OC(=O)N1CCC(ON=C2CCC(c3ccc(N)cc3)CC2)CC1. The molecule has 3 rings (SSSR count). The van der Waals surface area contributed by atoms with Crippen molar-refractivity contribution in [2.75, 3.05) is 18.8 Å². The number of hydrogen-bond donors (Lipinski definition) is 1. The summed E-state index contributed by atoms with van der Waals surface area (Å²) in [7, 11) is 0. The molecule has 0 spiro atoms. The Morgan fingerprint density at radius 2 is 1.68 bits per heavy atom. The fraction of sp³-hybridized carbons (Fsp3) is 0.636. The standard InChI is InChI=1S/C22H33N3O3/c1-22(2,3)27-21(26)25-14-12-20(13-15-25)28-24-19-10-6-17(7-11-19)16-4-8-18(23)9-5-16/h4-5,8-9,17,20H,6-7,10-15,23H2,1-3H3. The van der Waals surface area contributed by atoms with Crippen molar-refractivity contribution in [1.82, 2.24) is 4.90 Å². The fourth-order valence-corrected chi connectivity index (χ4v) is 3.76. The Morgan fingerprint density at radius 3 is 2.25 bits per heavy atom. The third-order valence-corrected chi connectivity index (χ3v) is 5.40. The number of anilines is 1. The van der Waals surface area contributed by atoms with Gasteiger partial charge < -0.3 is 20.2 Å².